The number of carbonyl (C=O) groups is 1. The van der Waals surface area contributed by atoms with Crippen molar-refractivity contribution in [3.63, 3.8) is 0 Å². The Bertz CT molecular complexity index is 856. The van der Waals surface area contributed by atoms with Gasteiger partial charge in [0.05, 0.1) is 24.7 Å². The highest BCUT2D eigenvalue weighted by atomic mass is 32.1. The van der Waals surface area contributed by atoms with Crippen molar-refractivity contribution in [2.24, 2.45) is 5.73 Å². The zero-order chi connectivity index (χ0) is 16.4. The van der Waals surface area contributed by atoms with E-state index >= 15 is 0 Å². The second kappa shape index (κ2) is 6.09. The monoisotopic (exact) mass is 331 g/mol. The van der Waals surface area contributed by atoms with Crippen LogP contribution in [0.1, 0.15) is 10.4 Å². The fraction of sp³-hybridized carbons (Fsp3) is 0.133. The zero-order valence-corrected chi connectivity index (χ0v) is 13.2. The highest BCUT2D eigenvalue weighted by Crippen LogP contribution is 2.33. The van der Waals surface area contributed by atoms with Crippen molar-refractivity contribution in [1.82, 2.24) is 10.1 Å². The molecule has 0 aliphatic rings. The van der Waals surface area contributed by atoms with E-state index in [1.54, 1.807) is 43.9 Å². The molecule has 0 aliphatic heterocycles. The molecule has 0 unspecified atom stereocenters. The molecule has 8 heteroatoms. The van der Waals surface area contributed by atoms with E-state index in [2.05, 4.69) is 10.1 Å². The second-order valence-corrected chi connectivity index (χ2v) is 5.47. The lowest BCUT2D eigenvalue weighted by molar-refractivity contribution is 0.100. The third-order valence-electron chi connectivity index (χ3n) is 3.16. The van der Waals surface area contributed by atoms with E-state index in [1.165, 1.54) is 11.3 Å². The Morgan fingerprint density at radius 1 is 1.22 bits per heavy atom. The summed E-state index contributed by atoms with van der Waals surface area (Å²) in [5.74, 6) is 1.43. The van der Waals surface area contributed by atoms with Crippen LogP contribution in [0.5, 0.6) is 11.5 Å². The van der Waals surface area contributed by atoms with E-state index in [-0.39, 0.29) is 0 Å². The van der Waals surface area contributed by atoms with Gasteiger partial charge in [-0.05, 0) is 24.3 Å². The summed E-state index contributed by atoms with van der Waals surface area (Å²) in [7, 11) is 3.12. The van der Waals surface area contributed by atoms with Crippen molar-refractivity contribution >= 4 is 17.2 Å². The molecule has 2 N–H and O–H groups in total. The van der Waals surface area contributed by atoms with Gasteiger partial charge in [0.2, 0.25) is 11.7 Å². The standard InChI is InChI=1S/C15H13N3O4S/c1-20-10-4-3-8(5-11(10)21-2)14-17-15(22-18-14)12-6-9(7-23-12)13(16)19/h3-7H,1-2H3,(H2,16,19). The van der Waals surface area contributed by atoms with Crippen LogP contribution in [0.4, 0.5) is 0 Å². The second-order valence-electron chi connectivity index (χ2n) is 4.56. The minimum absolute atomic E-state index is 0.326. The van der Waals surface area contributed by atoms with Crippen LogP contribution in [-0.2, 0) is 0 Å². The number of amides is 1. The fourth-order valence-electron chi connectivity index (χ4n) is 1.99. The third-order valence-corrected chi connectivity index (χ3v) is 4.08. The molecule has 1 amide bonds. The van der Waals surface area contributed by atoms with Crippen molar-refractivity contribution in [2.75, 3.05) is 14.2 Å². The molecule has 2 aromatic heterocycles. The SMILES string of the molecule is COc1ccc(-c2noc(-c3cc(C(N)=O)cs3)n2)cc1OC. The highest BCUT2D eigenvalue weighted by Gasteiger charge is 2.15. The van der Waals surface area contributed by atoms with Gasteiger partial charge in [-0.3, -0.25) is 4.79 Å². The lowest BCUT2D eigenvalue weighted by Crippen LogP contribution is -2.08. The average molecular weight is 331 g/mol. The number of nitrogens with two attached hydrogens (primary N) is 1. The third kappa shape index (κ3) is 2.88. The van der Waals surface area contributed by atoms with Gasteiger partial charge in [0.15, 0.2) is 11.5 Å². The number of rotatable bonds is 5. The lowest BCUT2D eigenvalue weighted by Gasteiger charge is -2.07. The predicted molar refractivity (Wildman–Crippen MR) is 84.7 cm³/mol. The molecule has 3 aromatic rings. The minimum Gasteiger partial charge on any atom is -0.493 e. The fourth-order valence-corrected chi connectivity index (χ4v) is 2.81. The molecule has 0 radical (unpaired) electrons. The molecule has 118 valence electrons. The van der Waals surface area contributed by atoms with Crippen LogP contribution >= 0.6 is 11.3 Å². The first-order chi connectivity index (χ1) is 11.1. The number of benzene rings is 1. The Morgan fingerprint density at radius 3 is 2.65 bits per heavy atom. The van der Waals surface area contributed by atoms with Crippen LogP contribution in [0.15, 0.2) is 34.2 Å². The largest absolute Gasteiger partial charge is 0.493 e. The number of hydrogen-bond donors (Lipinski definition) is 1. The van der Waals surface area contributed by atoms with Crippen LogP contribution in [0.2, 0.25) is 0 Å². The van der Waals surface area contributed by atoms with Crippen molar-refractivity contribution in [2.45, 2.75) is 0 Å². The van der Waals surface area contributed by atoms with E-state index in [9.17, 15) is 4.79 Å². The normalized spacial score (nSPS) is 10.5. The summed E-state index contributed by atoms with van der Waals surface area (Å²) >= 11 is 1.31. The molecule has 1 aromatic carbocycles. The maximum Gasteiger partial charge on any atom is 0.268 e. The van der Waals surface area contributed by atoms with Gasteiger partial charge >= 0.3 is 0 Å². The summed E-state index contributed by atoms with van der Waals surface area (Å²) in [4.78, 5) is 16.2. The number of thiophene rings is 1. The van der Waals surface area contributed by atoms with Gasteiger partial charge in [0.1, 0.15) is 0 Å². The molecule has 7 nitrogen and oxygen atoms in total. The van der Waals surface area contributed by atoms with E-state index in [4.69, 9.17) is 19.7 Å². The van der Waals surface area contributed by atoms with E-state index in [1.807, 2.05) is 0 Å². The summed E-state index contributed by atoms with van der Waals surface area (Å²) in [6.07, 6.45) is 0. The molecule has 0 spiro atoms. The molecular weight excluding hydrogens is 318 g/mol. The van der Waals surface area contributed by atoms with E-state index in [0.717, 1.165) is 5.56 Å². The molecular formula is C15H13N3O4S. The molecule has 0 saturated heterocycles. The first kappa shape index (κ1) is 15.0. The lowest BCUT2D eigenvalue weighted by atomic mass is 10.2. The Labute approximate surface area is 135 Å². The smallest absolute Gasteiger partial charge is 0.268 e. The summed E-state index contributed by atoms with van der Waals surface area (Å²) in [5.41, 5.74) is 6.38. The minimum atomic E-state index is -0.493. The summed E-state index contributed by atoms with van der Waals surface area (Å²) in [6, 6.07) is 6.95. The number of carbonyl (C=O) groups excluding carboxylic acids is 1. The number of aromatic nitrogens is 2. The van der Waals surface area contributed by atoms with Gasteiger partial charge in [-0.25, -0.2) is 0 Å². The zero-order valence-electron chi connectivity index (χ0n) is 12.4. The molecule has 2 heterocycles. The number of primary amides is 1. The topological polar surface area (TPSA) is 100 Å². The van der Waals surface area contributed by atoms with Crippen molar-refractivity contribution < 1.29 is 18.8 Å². The molecule has 0 fully saturated rings. The molecule has 0 aliphatic carbocycles. The summed E-state index contributed by atoms with van der Waals surface area (Å²) < 4.78 is 15.7. The Balaban J connectivity index is 1.93. The highest BCUT2D eigenvalue weighted by molar-refractivity contribution is 7.13. The average Bonchev–Trinajstić information content (AvgIpc) is 3.23. The number of methoxy groups -OCH3 is 2. The molecule has 23 heavy (non-hydrogen) atoms. The Hall–Kier alpha value is -2.87. The Morgan fingerprint density at radius 2 is 2.00 bits per heavy atom. The van der Waals surface area contributed by atoms with Crippen molar-refractivity contribution in [1.29, 1.82) is 0 Å². The van der Waals surface area contributed by atoms with Gasteiger partial charge in [-0.2, -0.15) is 4.98 Å². The van der Waals surface area contributed by atoms with Crippen LogP contribution in [0.3, 0.4) is 0 Å². The van der Waals surface area contributed by atoms with Crippen LogP contribution in [0, 0.1) is 0 Å². The summed E-state index contributed by atoms with van der Waals surface area (Å²) in [5, 5.41) is 5.61. The molecule has 0 saturated carbocycles. The Kier molecular flexibility index (Phi) is 3.98. The van der Waals surface area contributed by atoms with E-state index < -0.39 is 5.91 Å². The molecule has 3 rings (SSSR count). The molecule has 0 bridgehead atoms. The van der Waals surface area contributed by atoms with Crippen LogP contribution in [0.25, 0.3) is 22.2 Å². The molecule has 0 atom stereocenters. The van der Waals surface area contributed by atoms with Gasteiger partial charge in [0.25, 0.3) is 5.89 Å². The van der Waals surface area contributed by atoms with Crippen LogP contribution in [-0.4, -0.2) is 30.3 Å². The van der Waals surface area contributed by atoms with Crippen LogP contribution < -0.4 is 15.2 Å². The van der Waals surface area contributed by atoms with Gasteiger partial charge in [-0.15, -0.1) is 11.3 Å². The number of hydrogen-bond acceptors (Lipinski definition) is 7. The van der Waals surface area contributed by atoms with Gasteiger partial charge in [-0.1, -0.05) is 5.16 Å². The van der Waals surface area contributed by atoms with Crippen molar-refractivity contribution in [3.8, 4) is 33.7 Å². The van der Waals surface area contributed by atoms with E-state index in [0.29, 0.717) is 33.7 Å². The quantitative estimate of drug-likeness (QED) is 0.771. The van der Waals surface area contributed by atoms with Gasteiger partial charge in [0, 0.05) is 10.9 Å². The number of ether oxygens (including phenoxy) is 2. The number of nitrogens with zero attached hydrogens (tertiary/aromatic N) is 2. The maximum atomic E-state index is 11.1. The predicted octanol–water partition coefficient (Wildman–Crippen LogP) is 2.58. The first-order valence-corrected chi connectivity index (χ1v) is 7.45. The summed E-state index contributed by atoms with van der Waals surface area (Å²) in [6.45, 7) is 0. The van der Waals surface area contributed by atoms with Gasteiger partial charge < -0.3 is 19.7 Å². The maximum absolute atomic E-state index is 11.1. The first-order valence-electron chi connectivity index (χ1n) is 6.57. The van der Waals surface area contributed by atoms with Crippen molar-refractivity contribution in [3.05, 3.63) is 35.2 Å².